The summed E-state index contributed by atoms with van der Waals surface area (Å²) < 4.78 is 80.3. The summed E-state index contributed by atoms with van der Waals surface area (Å²) in [7, 11) is -13.8. The summed E-state index contributed by atoms with van der Waals surface area (Å²) in [6.07, 6.45) is -2.16. The summed E-state index contributed by atoms with van der Waals surface area (Å²) in [5.74, 6) is -3.63. The van der Waals surface area contributed by atoms with Crippen LogP contribution in [0.25, 0.3) is 0 Å². The Hall–Kier alpha value is -0.870. The van der Waals surface area contributed by atoms with Crippen LogP contribution in [0.4, 0.5) is 8.78 Å². The molecule has 34 heavy (non-hydrogen) atoms. The lowest BCUT2D eigenvalue weighted by Crippen LogP contribution is -2.61. The molecule has 190 valence electrons. The molecule has 1 heterocycles. The SMILES string of the molecule is Bc1c(B)n(C(CF)O[C@@](F)(CO)C(B)(B)OP(=O)(O)OP(=O)(O)OP(=O)(O)O)c(=O)[nH]c1=O. The van der Waals surface area contributed by atoms with Crippen molar-refractivity contribution in [2.75, 3.05) is 13.3 Å². The van der Waals surface area contributed by atoms with Crippen LogP contribution < -0.4 is 22.3 Å². The zero-order valence-corrected chi connectivity index (χ0v) is 20.6. The second-order valence-electron chi connectivity index (χ2n) is 7.15. The van der Waals surface area contributed by atoms with E-state index < -0.39 is 65.5 Å². The third-order valence-electron chi connectivity index (χ3n) is 4.29. The summed E-state index contributed by atoms with van der Waals surface area (Å²) in [6, 6.07) is 0. The Morgan fingerprint density at radius 3 is 2.03 bits per heavy atom. The molecule has 0 radical (unpaired) electrons. The highest BCUT2D eigenvalue weighted by Crippen LogP contribution is 2.67. The number of ether oxygens (including phenoxy) is 1. The third-order valence-corrected chi connectivity index (χ3v) is 8.30. The van der Waals surface area contributed by atoms with Gasteiger partial charge in [-0.05, 0) is 11.1 Å². The fourth-order valence-corrected chi connectivity index (χ4v) is 5.84. The average Bonchev–Trinajstić information content (AvgIpc) is 2.60. The first-order valence-corrected chi connectivity index (χ1v) is 13.3. The van der Waals surface area contributed by atoms with Crippen molar-refractivity contribution < 1.29 is 65.0 Å². The third kappa shape index (κ3) is 7.82. The summed E-state index contributed by atoms with van der Waals surface area (Å²) >= 11 is 0. The van der Waals surface area contributed by atoms with Gasteiger partial charge in [-0.3, -0.25) is 18.9 Å². The number of nitrogens with zero attached hydrogens (tertiary/aromatic N) is 1. The average molecular weight is 553 g/mol. The van der Waals surface area contributed by atoms with Gasteiger partial charge in [0.25, 0.3) is 0 Å². The minimum atomic E-state index is -5.95. The number of alkyl halides is 2. The molecule has 0 amide bonds. The minimum Gasteiger partial charge on any atom is -0.390 e. The number of aromatic nitrogens is 2. The Labute approximate surface area is 192 Å². The van der Waals surface area contributed by atoms with E-state index in [1.54, 1.807) is 0 Å². The fraction of sp³-hybridized carbons (Fsp3) is 0.556. The minimum absolute atomic E-state index is 0.0670. The van der Waals surface area contributed by atoms with Crippen LogP contribution in [-0.4, -0.2) is 90.2 Å². The Kier molecular flexibility index (Phi) is 9.74. The van der Waals surface area contributed by atoms with Gasteiger partial charge in [0.15, 0.2) is 14.1 Å². The number of phosphoric acid groups is 3. The van der Waals surface area contributed by atoms with Gasteiger partial charge in [-0.1, -0.05) is 0 Å². The molecule has 4 atom stereocenters. The molecule has 0 saturated heterocycles. The maximum absolute atomic E-state index is 15.6. The quantitative estimate of drug-likeness (QED) is 0.104. The normalized spacial score (nSPS) is 19.0. The molecule has 1 rings (SSSR count). The van der Waals surface area contributed by atoms with Crippen LogP contribution >= 0.6 is 23.5 Å². The second-order valence-corrected chi connectivity index (χ2v) is 11.5. The van der Waals surface area contributed by atoms with Gasteiger partial charge in [0.05, 0.1) is 5.40 Å². The Morgan fingerprint density at radius 1 is 1.06 bits per heavy atom. The fourth-order valence-electron chi connectivity index (χ4n) is 2.49. The number of H-pyrrole nitrogens is 1. The monoisotopic (exact) mass is 554 g/mol. The molecule has 16 nitrogen and oxygen atoms in total. The molecule has 25 heteroatoms. The molecule has 1 aromatic heterocycles. The molecule has 0 spiro atoms. The second kappa shape index (κ2) is 10.6. The highest BCUT2D eigenvalue weighted by atomic mass is 31.3. The zero-order valence-electron chi connectivity index (χ0n) is 17.9. The van der Waals surface area contributed by atoms with Gasteiger partial charge in [0.2, 0.25) is 11.4 Å². The highest BCUT2D eigenvalue weighted by Gasteiger charge is 2.54. The molecule has 0 saturated carbocycles. The van der Waals surface area contributed by atoms with Crippen molar-refractivity contribution in [2.24, 2.45) is 0 Å². The molecule has 0 aliphatic rings. The molecule has 0 fully saturated rings. The zero-order chi connectivity index (χ0) is 26.9. The number of aromatic amines is 1. The van der Waals surface area contributed by atoms with E-state index in [1.165, 1.54) is 15.7 Å². The Bertz CT molecular complexity index is 1170. The van der Waals surface area contributed by atoms with E-state index in [2.05, 4.69) is 13.1 Å². The summed E-state index contributed by atoms with van der Waals surface area (Å²) in [4.78, 5) is 61.6. The van der Waals surface area contributed by atoms with Crippen molar-refractivity contribution in [3.8, 4) is 0 Å². The van der Waals surface area contributed by atoms with E-state index >= 15 is 4.39 Å². The topological polar surface area (TPSA) is 244 Å². The smallest absolute Gasteiger partial charge is 0.390 e. The highest BCUT2D eigenvalue weighted by molar-refractivity contribution is 7.66. The number of halogens is 2. The predicted molar refractivity (Wildman–Crippen MR) is 119 cm³/mol. The van der Waals surface area contributed by atoms with E-state index in [0.29, 0.717) is 20.3 Å². The maximum Gasteiger partial charge on any atom is 0.490 e. The Morgan fingerprint density at radius 2 is 1.59 bits per heavy atom. The van der Waals surface area contributed by atoms with Gasteiger partial charge < -0.3 is 29.4 Å². The van der Waals surface area contributed by atoms with E-state index in [-0.39, 0.29) is 11.1 Å². The molecule has 1 aromatic rings. The van der Waals surface area contributed by atoms with Gasteiger partial charge in [0, 0.05) is 0 Å². The van der Waals surface area contributed by atoms with Crippen LogP contribution in [0.2, 0.25) is 0 Å². The molecule has 0 aliphatic heterocycles. The largest absolute Gasteiger partial charge is 0.490 e. The molecule has 0 aromatic carbocycles. The van der Waals surface area contributed by atoms with Crippen LogP contribution in [-0.2, 0) is 31.6 Å². The lowest BCUT2D eigenvalue weighted by atomic mass is 9.61. The van der Waals surface area contributed by atoms with Crippen molar-refractivity contribution in [3.63, 3.8) is 0 Å². The van der Waals surface area contributed by atoms with Crippen LogP contribution in [0.15, 0.2) is 9.59 Å². The van der Waals surface area contributed by atoms with Crippen molar-refractivity contribution in [3.05, 3.63) is 20.8 Å². The molecular formula is C9H19B4F2N2O14P3. The number of nitrogens with one attached hydrogen (secondary N) is 1. The predicted octanol–water partition coefficient (Wildman–Crippen LogP) is -6.54. The number of hydrogen-bond acceptors (Lipinski definition) is 10. The van der Waals surface area contributed by atoms with Crippen LogP contribution in [0.5, 0.6) is 0 Å². The number of rotatable bonds is 12. The number of aliphatic hydroxyl groups is 1. The van der Waals surface area contributed by atoms with E-state index in [9.17, 15) is 42.6 Å². The summed E-state index contributed by atoms with van der Waals surface area (Å²) in [6.45, 7) is -3.33. The van der Waals surface area contributed by atoms with Crippen molar-refractivity contribution in [1.82, 2.24) is 9.55 Å². The van der Waals surface area contributed by atoms with Crippen molar-refractivity contribution in [2.45, 2.75) is 17.5 Å². The number of hydrogen-bond donors (Lipinski definition) is 6. The van der Waals surface area contributed by atoms with E-state index in [4.69, 9.17) is 14.5 Å². The van der Waals surface area contributed by atoms with Gasteiger partial charge in [-0.2, -0.15) is 8.62 Å². The molecule has 0 aliphatic carbocycles. The summed E-state index contributed by atoms with van der Waals surface area (Å²) in [5.41, 5.74) is -2.26. The maximum atomic E-state index is 15.6. The van der Waals surface area contributed by atoms with Crippen molar-refractivity contribution in [1.29, 1.82) is 0 Å². The molecule has 3 unspecified atom stereocenters. The van der Waals surface area contributed by atoms with Gasteiger partial charge in [-0.25, -0.2) is 27.3 Å². The first kappa shape index (κ1) is 31.2. The van der Waals surface area contributed by atoms with E-state index in [0.717, 1.165) is 0 Å². The first-order valence-electron chi connectivity index (χ1n) is 8.80. The lowest BCUT2D eigenvalue weighted by Gasteiger charge is -2.41. The Balaban J connectivity index is 3.32. The van der Waals surface area contributed by atoms with Gasteiger partial charge in [-0.15, -0.1) is 0 Å². The number of aliphatic hydroxyl groups excluding tert-OH is 1. The lowest BCUT2D eigenvalue weighted by molar-refractivity contribution is -0.257. The van der Waals surface area contributed by atoms with Gasteiger partial charge >= 0.3 is 29.2 Å². The first-order chi connectivity index (χ1) is 15.1. The van der Waals surface area contributed by atoms with Crippen LogP contribution in [0.3, 0.4) is 0 Å². The van der Waals surface area contributed by atoms with Crippen LogP contribution in [0.1, 0.15) is 6.23 Å². The standard InChI is InChI=1S/C9H19B4F2N2O14P3/c10-4-5(11)17(7(20)16-6(4)19)3(1-14)28-8(15,2-18)9(12,13)29-33(24,25)31-34(26,27)30-32(21,22)23/h3,18H,1-2,10-13H2,(H,24,25)(H,26,27)(H,16,19,20)(H2,21,22,23)/t3?,8-/m0/s1. The molecule has 6 N–H and O–H groups in total. The van der Waals surface area contributed by atoms with E-state index in [1.807, 2.05) is 4.98 Å². The molecular weight excluding hydrogens is 534 g/mol. The van der Waals surface area contributed by atoms with Crippen LogP contribution in [0, 0.1) is 0 Å². The van der Waals surface area contributed by atoms with Gasteiger partial charge in [0.1, 0.15) is 36.8 Å². The molecule has 0 bridgehead atoms. The van der Waals surface area contributed by atoms with Crippen molar-refractivity contribution >= 4 is 65.9 Å². The number of phosphoric ester groups is 1. The summed E-state index contributed by atoms with van der Waals surface area (Å²) in [5, 5.41) is 6.70.